The summed E-state index contributed by atoms with van der Waals surface area (Å²) in [6.45, 7) is 5.46. The highest BCUT2D eigenvalue weighted by atomic mass is 32.2. The topological polar surface area (TPSA) is 101 Å². The molecule has 0 radical (unpaired) electrons. The van der Waals surface area contributed by atoms with E-state index in [-0.39, 0.29) is 22.8 Å². The third kappa shape index (κ3) is 4.96. The predicted octanol–water partition coefficient (Wildman–Crippen LogP) is 4.61. The van der Waals surface area contributed by atoms with E-state index in [0.717, 1.165) is 12.6 Å². The van der Waals surface area contributed by atoms with Crippen molar-refractivity contribution in [1.29, 1.82) is 5.41 Å². The molecule has 0 fully saturated rings. The van der Waals surface area contributed by atoms with Crippen LogP contribution in [0.1, 0.15) is 30.3 Å². The third-order valence-corrected chi connectivity index (χ3v) is 9.08. The number of aromatic nitrogens is 2. The quantitative estimate of drug-likeness (QED) is 0.420. The maximum atomic E-state index is 13.0. The number of nitrogens with zero attached hydrogens (tertiary/aromatic N) is 2. The molecule has 7 nitrogen and oxygen atoms in total. The number of halogens is 6. The second kappa shape index (κ2) is 9.84. The monoisotopic (exact) mass is 582 g/mol. The minimum Gasteiger partial charge on any atom is -0.299 e. The van der Waals surface area contributed by atoms with Crippen LogP contribution in [0.15, 0.2) is 58.1 Å². The van der Waals surface area contributed by atoms with Gasteiger partial charge in [-0.05, 0) is 35.3 Å². The van der Waals surface area contributed by atoms with Crippen molar-refractivity contribution in [2.45, 2.75) is 37.8 Å². The molecule has 2 aliphatic rings. The van der Waals surface area contributed by atoms with Crippen molar-refractivity contribution in [3.63, 3.8) is 0 Å². The van der Waals surface area contributed by atoms with E-state index in [2.05, 4.69) is 42.4 Å². The zero-order valence-electron chi connectivity index (χ0n) is 20.1. The second-order valence-corrected chi connectivity index (χ2v) is 12.1. The molecule has 15 heteroatoms. The lowest BCUT2D eigenvalue weighted by Gasteiger charge is -2.23. The van der Waals surface area contributed by atoms with Gasteiger partial charge in [0, 0.05) is 12.5 Å². The first-order valence-electron chi connectivity index (χ1n) is 10.9. The molecular weight excluding hydrogens is 560 g/mol. The number of nitrogens with one attached hydrogen (secondary N) is 1. The Hall–Kier alpha value is -3.20. The van der Waals surface area contributed by atoms with E-state index in [1.54, 1.807) is 0 Å². The number of fused-ring (bicyclic) bond motifs is 3. The molecule has 0 saturated heterocycles. The van der Waals surface area contributed by atoms with E-state index >= 15 is 0 Å². The Labute approximate surface area is 214 Å². The van der Waals surface area contributed by atoms with Crippen LogP contribution in [0.2, 0.25) is 0 Å². The number of benzene rings is 1. The summed E-state index contributed by atoms with van der Waals surface area (Å²) in [6, 6.07) is 5.69. The van der Waals surface area contributed by atoms with Gasteiger partial charge in [-0.1, -0.05) is 31.2 Å². The van der Waals surface area contributed by atoms with Gasteiger partial charge < -0.3 is 0 Å². The van der Waals surface area contributed by atoms with Crippen LogP contribution < -0.4 is 4.57 Å². The predicted molar refractivity (Wildman–Crippen MR) is 128 cm³/mol. The van der Waals surface area contributed by atoms with Crippen molar-refractivity contribution in [3.8, 4) is 0 Å². The summed E-state index contributed by atoms with van der Waals surface area (Å²) < 4.78 is 130. The molecule has 0 unspecified atom stereocenters. The SMILES string of the molecule is CCCn1cc[n+](C)c1C.N=C1C2=Cc3ccccc3C2=CC(S(=O)(=O)C(F)(F)F)=C1S(=O)(=O)C(F)(F)F. The fourth-order valence-corrected chi connectivity index (χ4v) is 6.29. The van der Waals surface area contributed by atoms with Crippen molar-refractivity contribution in [1.82, 2.24) is 4.57 Å². The molecule has 0 bridgehead atoms. The van der Waals surface area contributed by atoms with Gasteiger partial charge in [0.25, 0.3) is 25.5 Å². The average molecular weight is 583 g/mol. The van der Waals surface area contributed by atoms with E-state index in [1.807, 2.05) is 0 Å². The van der Waals surface area contributed by atoms with Crippen LogP contribution in [0.3, 0.4) is 0 Å². The maximum absolute atomic E-state index is 13.0. The first kappa shape index (κ1) is 29.4. The highest BCUT2D eigenvalue weighted by molar-refractivity contribution is 8.00. The molecule has 0 spiro atoms. The van der Waals surface area contributed by atoms with Crippen molar-refractivity contribution >= 4 is 37.0 Å². The fraction of sp³-hybridized carbons (Fsp3) is 0.304. The zero-order valence-corrected chi connectivity index (χ0v) is 21.8. The van der Waals surface area contributed by atoms with Crippen LogP contribution in [-0.2, 0) is 33.3 Å². The van der Waals surface area contributed by atoms with Crippen molar-refractivity contribution in [2.24, 2.45) is 7.05 Å². The van der Waals surface area contributed by atoms with Crippen molar-refractivity contribution in [3.05, 3.63) is 75.1 Å². The van der Waals surface area contributed by atoms with E-state index < -0.39 is 51.8 Å². The largest absolute Gasteiger partial charge is 0.502 e. The summed E-state index contributed by atoms with van der Waals surface area (Å²) in [5, 5.41) is 7.82. The number of hydrogen-bond donors (Lipinski definition) is 1. The Morgan fingerprint density at radius 1 is 0.921 bits per heavy atom. The molecule has 0 aliphatic heterocycles. The van der Waals surface area contributed by atoms with Gasteiger partial charge in [0.1, 0.15) is 17.3 Å². The molecule has 206 valence electrons. The minimum absolute atomic E-state index is 0.153. The van der Waals surface area contributed by atoms with Crippen LogP contribution >= 0.6 is 0 Å². The smallest absolute Gasteiger partial charge is 0.299 e. The van der Waals surface area contributed by atoms with Crippen LogP contribution in [0.4, 0.5) is 26.3 Å². The summed E-state index contributed by atoms with van der Waals surface area (Å²) in [4.78, 5) is -4.38. The number of alkyl halides is 6. The maximum Gasteiger partial charge on any atom is 0.502 e. The lowest BCUT2D eigenvalue weighted by Crippen LogP contribution is -2.35. The minimum atomic E-state index is -6.58. The second-order valence-electron chi connectivity index (χ2n) is 8.32. The number of hydrogen-bond acceptors (Lipinski definition) is 5. The van der Waals surface area contributed by atoms with Crippen molar-refractivity contribution < 1.29 is 47.7 Å². The Morgan fingerprint density at radius 2 is 1.50 bits per heavy atom. The Kier molecular flexibility index (Phi) is 7.60. The lowest BCUT2D eigenvalue weighted by atomic mass is 9.95. The molecule has 1 aromatic carbocycles. The Bertz CT molecular complexity index is 1610. The first-order valence-corrected chi connectivity index (χ1v) is 13.8. The number of allylic oxidation sites excluding steroid dienone is 4. The van der Waals surface area contributed by atoms with Gasteiger partial charge >= 0.3 is 11.0 Å². The number of sulfone groups is 2. The molecule has 0 amide bonds. The van der Waals surface area contributed by atoms with E-state index in [9.17, 15) is 43.2 Å². The van der Waals surface area contributed by atoms with Crippen molar-refractivity contribution in [2.75, 3.05) is 0 Å². The van der Waals surface area contributed by atoms with E-state index in [4.69, 9.17) is 5.41 Å². The normalized spacial score (nSPS) is 15.9. The van der Waals surface area contributed by atoms with Gasteiger partial charge in [-0.3, -0.25) is 5.41 Å². The third-order valence-electron chi connectivity index (χ3n) is 5.87. The number of aryl methyl sites for hydroxylation is 2. The zero-order chi connectivity index (χ0) is 28.8. The molecule has 0 atom stereocenters. The summed E-state index contributed by atoms with van der Waals surface area (Å²) in [5.41, 5.74) is -13.9. The van der Waals surface area contributed by atoms with Crippen LogP contribution in [0.5, 0.6) is 0 Å². The highest BCUT2D eigenvalue weighted by Gasteiger charge is 2.57. The summed E-state index contributed by atoms with van der Waals surface area (Å²) in [5.74, 6) is 1.32. The standard InChI is InChI=1S/C15H7F6NO4S2.C8H15N2/c16-14(17,18)27(23,24)11-6-9-8-4-2-1-3-7(8)5-10(9)12(22)13(11)28(25,26)15(19,20)21;1-4-5-10-7-6-9(3)8(10)2/h1-6,22H;6-7H,4-5H2,1-3H3/q;+1. The molecule has 2 aromatic rings. The first-order chi connectivity index (χ1) is 17.4. The molecular formula is C23H22F6N3O4S2+. The number of rotatable bonds is 4. The Morgan fingerprint density at radius 3 is 2.00 bits per heavy atom. The number of imidazole rings is 1. The summed E-state index contributed by atoms with van der Waals surface area (Å²) in [7, 11) is -11.0. The van der Waals surface area contributed by atoms with E-state index in [1.165, 1.54) is 36.5 Å². The summed E-state index contributed by atoms with van der Waals surface area (Å²) >= 11 is 0. The van der Waals surface area contributed by atoms with Gasteiger partial charge in [0.15, 0.2) is 0 Å². The average Bonchev–Trinajstić information content (AvgIpc) is 3.33. The summed E-state index contributed by atoms with van der Waals surface area (Å²) in [6.07, 6.45) is 6.74. The van der Waals surface area contributed by atoms with Crippen LogP contribution in [-0.4, -0.2) is 38.1 Å². The van der Waals surface area contributed by atoms with Gasteiger partial charge in [-0.15, -0.1) is 0 Å². The molecule has 1 N–H and O–H groups in total. The fourth-order valence-electron chi connectivity index (χ4n) is 3.83. The van der Waals surface area contributed by atoms with Crippen LogP contribution in [0.25, 0.3) is 11.6 Å². The Balaban J connectivity index is 0.000000336. The van der Waals surface area contributed by atoms with Gasteiger partial charge in [0.2, 0.25) is 0 Å². The molecule has 1 heterocycles. The molecule has 1 aromatic heterocycles. The molecule has 0 saturated carbocycles. The van der Waals surface area contributed by atoms with Gasteiger partial charge in [0.05, 0.1) is 24.2 Å². The highest BCUT2D eigenvalue weighted by Crippen LogP contribution is 2.47. The molecule has 4 rings (SSSR count). The van der Waals surface area contributed by atoms with Crippen LogP contribution in [0, 0.1) is 12.3 Å². The van der Waals surface area contributed by atoms with E-state index in [0.29, 0.717) is 0 Å². The van der Waals surface area contributed by atoms with Gasteiger partial charge in [-0.2, -0.15) is 26.3 Å². The molecule has 38 heavy (non-hydrogen) atoms. The lowest BCUT2D eigenvalue weighted by molar-refractivity contribution is -0.677. The molecule has 2 aliphatic carbocycles. The van der Waals surface area contributed by atoms with Gasteiger partial charge in [-0.25, -0.2) is 26.0 Å².